The smallest absolute Gasteiger partial charge is 0.213 e. The molecule has 148 valence electrons. The van der Waals surface area contributed by atoms with Crippen molar-refractivity contribution < 1.29 is 14.2 Å². The van der Waals surface area contributed by atoms with Gasteiger partial charge in [0.1, 0.15) is 5.82 Å². The van der Waals surface area contributed by atoms with Crippen LogP contribution in [-0.2, 0) is 5.41 Å². The number of benzene rings is 1. The number of β-amino-alcohol motifs (C(OH)–C–C–N with tert-alkyl or cyclic N) is 1. The first-order chi connectivity index (χ1) is 14.2. The number of methoxy groups -OCH3 is 1. The number of nitrogens with zero attached hydrogens (tertiary/aromatic N) is 4. The fourth-order valence-electron chi connectivity index (χ4n) is 4.00. The van der Waals surface area contributed by atoms with E-state index in [0.717, 1.165) is 11.1 Å². The Balaban J connectivity index is 1.99. The minimum absolute atomic E-state index is 0.0836. The third-order valence-corrected chi connectivity index (χ3v) is 5.23. The molecule has 4 rings (SSSR count). The Bertz CT molecular complexity index is 1010. The van der Waals surface area contributed by atoms with Crippen LogP contribution in [0.1, 0.15) is 22.7 Å². The van der Waals surface area contributed by atoms with Crippen molar-refractivity contribution in [2.24, 2.45) is 5.10 Å². The molecule has 0 fully saturated rings. The molecule has 2 aromatic heterocycles. The van der Waals surface area contributed by atoms with Gasteiger partial charge in [-0.25, -0.2) is 9.37 Å². The van der Waals surface area contributed by atoms with Gasteiger partial charge in [0, 0.05) is 36.4 Å². The van der Waals surface area contributed by atoms with Crippen molar-refractivity contribution in [2.45, 2.75) is 11.5 Å². The lowest BCUT2D eigenvalue weighted by Crippen LogP contribution is -2.40. The fraction of sp³-hybridized carbons (Fsp3) is 0.227. The van der Waals surface area contributed by atoms with E-state index < -0.39 is 11.5 Å². The molecule has 1 aliphatic heterocycles. The summed E-state index contributed by atoms with van der Waals surface area (Å²) >= 11 is 0. The van der Waals surface area contributed by atoms with Gasteiger partial charge in [0.05, 0.1) is 31.7 Å². The van der Waals surface area contributed by atoms with Crippen LogP contribution in [0.2, 0.25) is 0 Å². The highest BCUT2D eigenvalue weighted by atomic mass is 19.1. The topological polar surface area (TPSA) is 70.8 Å². The standard InChI is InChI=1S/C22H21FN4O2/c1-29-20-14-16(6-11-25-20)21-22(15-26-27(21)12-13-28,17-7-9-24-10-8-17)18-4-2-3-5-19(18)23/h2-11,14-15,21,28H,12-13H2,1H3. The van der Waals surface area contributed by atoms with Gasteiger partial charge in [0.2, 0.25) is 5.88 Å². The zero-order valence-electron chi connectivity index (χ0n) is 15.9. The number of aromatic nitrogens is 2. The summed E-state index contributed by atoms with van der Waals surface area (Å²) in [6.07, 6.45) is 6.78. The van der Waals surface area contributed by atoms with Gasteiger partial charge in [-0.2, -0.15) is 5.10 Å². The summed E-state index contributed by atoms with van der Waals surface area (Å²) in [7, 11) is 1.55. The minimum Gasteiger partial charge on any atom is -0.481 e. The zero-order valence-corrected chi connectivity index (χ0v) is 15.9. The molecule has 0 radical (unpaired) electrons. The molecule has 3 aromatic rings. The van der Waals surface area contributed by atoms with Crippen LogP contribution in [0.3, 0.4) is 0 Å². The number of hydrogen-bond acceptors (Lipinski definition) is 6. The van der Waals surface area contributed by atoms with Gasteiger partial charge >= 0.3 is 0 Å². The Labute approximate surface area is 168 Å². The molecule has 1 N–H and O–H groups in total. The molecule has 29 heavy (non-hydrogen) atoms. The molecule has 0 amide bonds. The third-order valence-electron chi connectivity index (χ3n) is 5.23. The van der Waals surface area contributed by atoms with Crippen LogP contribution in [0.25, 0.3) is 0 Å². The average molecular weight is 392 g/mol. The Morgan fingerprint density at radius 2 is 1.93 bits per heavy atom. The van der Waals surface area contributed by atoms with Crippen molar-refractivity contribution in [3.8, 4) is 5.88 Å². The van der Waals surface area contributed by atoms with E-state index in [-0.39, 0.29) is 12.4 Å². The zero-order chi connectivity index (χ0) is 20.3. The van der Waals surface area contributed by atoms with Crippen molar-refractivity contribution in [3.63, 3.8) is 0 Å². The molecule has 0 bridgehead atoms. The molecule has 0 aliphatic carbocycles. The molecular formula is C22H21FN4O2. The van der Waals surface area contributed by atoms with Gasteiger partial charge in [-0.1, -0.05) is 18.2 Å². The molecule has 7 heteroatoms. The van der Waals surface area contributed by atoms with Crippen LogP contribution in [-0.4, -0.2) is 46.6 Å². The first-order valence-electron chi connectivity index (χ1n) is 9.29. The first-order valence-corrected chi connectivity index (χ1v) is 9.29. The van der Waals surface area contributed by atoms with Crippen LogP contribution in [0.15, 0.2) is 72.2 Å². The fourth-order valence-corrected chi connectivity index (χ4v) is 4.00. The number of aliphatic hydroxyl groups excluding tert-OH is 1. The molecule has 0 spiro atoms. The van der Waals surface area contributed by atoms with Crippen LogP contribution in [0, 0.1) is 5.82 Å². The highest BCUT2D eigenvalue weighted by Crippen LogP contribution is 2.49. The normalized spacial score (nSPS) is 20.8. The number of rotatable bonds is 6. The van der Waals surface area contributed by atoms with Crippen LogP contribution in [0.5, 0.6) is 5.88 Å². The Kier molecular flexibility index (Phi) is 5.22. The first kappa shape index (κ1) is 19.0. The molecular weight excluding hydrogens is 371 g/mol. The van der Waals surface area contributed by atoms with Gasteiger partial charge in [-0.05, 0) is 35.4 Å². The summed E-state index contributed by atoms with van der Waals surface area (Å²) in [5.74, 6) is 0.128. The second kappa shape index (κ2) is 7.97. The maximum Gasteiger partial charge on any atom is 0.213 e. The van der Waals surface area contributed by atoms with Gasteiger partial charge in [0.15, 0.2) is 0 Å². The maximum absolute atomic E-state index is 15.1. The summed E-state index contributed by atoms with van der Waals surface area (Å²) in [5.41, 5.74) is 1.28. The number of ether oxygens (including phenoxy) is 1. The summed E-state index contributed by atoms with van der Waals surface area (Å²) in [5, 5.41) is 16.0. The number of hydrazone groups is 1. The van der Waals surface area contributed by atoms with Gasteiger partial charge in [0.25, 0.3) is 0 Å². The van der Waals surface area contributed by atoms with Gasteiger partial charge in [-0.15, -0.1) is 0 Å². The third kappa shape index (κ3) is 3.23. The Morgan fingerprint density at radius 1 is 1.14 bits per heavy atom. The van der Waals surface area contributed by atoms with Crippen molar-refractivity contribution >= 4 is 6.21 Å². The van der Waals surface area contributed by atoms with E-state index in [0.29, 0.717) is 18.0 Å². The van der Waals surface area contributed by atoms with Crippen molar-refractivity contribution in [1.29, 1.82) is 0 Å². The lowest BCUT2D eigenvalue weighted by atomic mass is 9.68. The van der Waals surface area contributed by atoms with E-state index in [2.05, 4.69) is 15.1 Å². The minimum atomic E-state index is -0.921. The molecule has 0 saturated carbocycles. The molecule has 0 saturated heterocycles. The number of halogens is 1. The SMILES string of the molecule is COc1cc(C2N(CCO)N=CC2(c2ccncc2)c2ccccc2F)ccn1. The summed E-state index contributed by atoms with van der Waals surface area (Å²) in [4.78, 5) is 8.32. The lowest BCUT2D eigenvalue weighted by Gasteiger charge is -2.38. The summed E-state index contributed by atoms with van der Waals surface area (Å²) in [6, 6.07) is 13.7. The highest BCUT2D eigenvalue weighted by Gasteiger charge is 2.50. The van der Waals surface area contributed by atoms with Crippen molar-refractivity contribution in [2.75, 3.05) is 20.3 Å². The Hall–Kier alpha value is -3.32. The predicted molar refractivity (Wildman–Crippen MR) is 107 cm³/mol. The van der Waals surface area contributed by atoms with Gasteiger partial charge in [-0.3, -0.25) is 9.99 Å². The molecule has 1 aromatic carbocycles. The number of aliphatic hydroxyl groups is 1. The molecule has 1 aliphatic rings. The number of pyridine rings is 2. The van der Waals surface area contributed by atoms with E-state index in [1.54, 1.807) is 49.1 Å². The van der Waals surface area contributed by atoms with E-state index in [4.69, 9.17) is 4.74 Å². The lowest BCUT2D eigenvalue weighted by molar-refractivity contribution is 0.151. The van der Waals surface area contributed by atoms with Crippen LogP contribution in [0.4, 0.5) is 4.39 Å². The average Bonchev–Trinajstić information content (AvgIpc) is 3.15. The maximum atomic E-state index is 15.1. The number of hydrogen-bond donors (Lipinski definition) is 1. The quantitative estimate of drug-likeness (QED) is 0.698. The van der Waals surface area contributed by atoms with E-state index in [1.807, 2.05) is 30.3 Å². The molecule has 3 heterocycles. The highest BCUT2D eigenvalue weighted by molar-refractivity contribution is 5.83. The van der Waals surface area contributed by atoms with E-state index >= 15 is 4.39 Å². The van der Waals surface area contributed by atoms with Crippen molar-refractivity contribution in [1.82, 2.24) is 15.0 Å². The van der Waals surface area contributed by atoms with E-state index in [1.165, 1.54) is 6.07 Å². The van der Waals surface area contributed by atoms with Crippen LogP contribution < -0.4 is 4.74 Å². The molecule has 2 atom stereocenters. The molecule has 2 unspecified atom stereocenters. The monoisotopic (exact) mass is 392 g/mol. The second-order valence-corrected chi connectivity index (χ2v) is 6.75. The van der Waals surface area contributed by atoms with Crippen molar-refractivity contribution in [3.05, 3.63) is 89.6 Å². The summed E-state index contributed by atoms with van der Waals surface area (Å²) in [6.45, 7) is 0.215. The second-order valence-electron chi connectivity index (χ2n) is 6.75. The van der Waals surface area contributed by atoms with E-state index in [9.17, 15) is 5.11 Å². The summed E-state index contributed by atoms with van der Waals surface area (Å²) < 4.78 is 20.4. The molecule has 6 nitrogen and oxygen atoms in total. The Morgan fingerprint density at radius 3 is 2.66 bits per heavy atom. The van der Waals surface area contributed by atoms with Gasteiger partial charge < -0.3 is 9.84 Å². The predicted octanol–water partition coefficient (Wildman–Crippen LogP) is 2.95. The largest absolute Gasteiger partial charge is 0.481 e. The van der Waals surface area contributed by atoms with Crippen LogP contribution >= 0.6 is 0 Å².